The Morgan fingerprint density at radius 1 is 0.955 bits per heavy atom. The van der Waals surface area contributed by atoms with Crippen LogP contribution in [0.5, 0.6) is 5.75 Å². The van der Waals surface area contributed by atoms with Gasteiger partial charge in [-0.1, -0.05) is 34.9 Å². The third kappa shape index (κ3) is 7.35. The van der Waals surface area contributed by atoms with Crippen molar-refractivity contribution in [3.63, 3.8) is 0 Å². The van der Waals surface area contributed by atoms with Crippen LogP contribution in [0.2, 0.25) is 0 Å². The van der Waals surface area contributed by atoms with E-state index in [9.17, 15) is 23.1 Å². The van der Waals surface area contributed by atoms with Gasteiger partial charge in [0.25, 0.3) is 0 Å². The van der Waals surface area contributed by atoms with Crippen LogP contribution >= 0.6 is 24.1 Å². The molecule has 0 bridgehead atoms. The number of carbonyl (C=O) groups is 2. The molecule has 4 aromatic carbocycles. The molecule has 2 amide bonds. The quantitative estimate of drug-likeness (QED) is 0.0251. The Morgan fingerprint density at radius 2 is 1.59 bits per heavy atom. The number of nitrogens with one attached hydrogen (secondary N) is 3. The zero-order valence-corrected chi connectivity index (χ0v) is 25.9. The van der Waals surface area contributed by atoms with Crippen LogP contribution in [-0.4, -0.2) is 60.7 Å². The Morgan fingerprint density at radius 3 is 2.30 bits per heavy atom. The molecule has 1 unspecified atom stereocenters. The van der Waals surface area contributed by atoms with Gasteiger partial charge in [0.05, 0.1) is 16.9 Å². The fourth-order valence-electron chi connectivity index (χ4n) is 4.73. The number of hydrogen-bond donors (Lipinski definition) is 6. The molecule has 1 atom stereocenters. The first-order chi connectivity index (χ1) is 21.0. The monoisotopic (exact) mass is 667 g/mol. The van der Waals surface area contributed by atoms with Crippen LogP contribution < -0.4 is 15.4 Å². The summed E-state index contributed by atoms with van der Waals surface area (Å²) in [5.41, 5.74) is 1.16. The lowest BCUT2D eigenvalue weighted by Crippen LogP contribution is -2.48. The number of carbonyl (C=O) groups excluding carboxylic acids is 2. The molecule has 236 valence electrons. The molecule has 0 saturated heterocycles. The highest BCUT2D eigenvalue weighted by Crippen LogP contribution is 2.44. The molecule has 0 heterocycles. The van der Waals surface area contributed by atoms with Crippen molar-refractivity contribution in [3.05, 3.63) is 54.1 Å². The first-order valence-electron chi connectivity index (χ1n) is 12.9. The minimum atomic E-state index is -4.47. The van der Waals surface area contributed by atoms with Gasteiger partial charge in [-0.05, 0) is 54.1 Å². The van der Waals surface area contributed by atoms with Gasteiger partial charge in [0.1, 0.15) is 11.8 Å². The van der Waals surface area contributed by atoms with E-state index >= 15 is 0 Å². The van der Waals surface area contributed by atoms with Gasteiger partial charge < -0.3 is 15.7 Å². The van der Waals surface area contributed by atoms with Crippen molar-refractivity contribution >= 4 is 78.2 Å². The van der Waals surface area contributed by atoms with Crippen molar-refractivity contribution in [2.45, 2.75) is 36.1 Å². The summed E-state index contributed by atoms with van der Waals surface area (Å²) in [4.78, 5) is 24.9. The fraction of sp³-hybridized carbons (Fsp3) is 0.259. The van der Waals surface area contributed by atoms with Crippen molar-refractivity contribution in [2.75, 3.05) is 18.8 Å². The average Bonchev–Trinajstić information content (AvgIpc) is 2.99. The van der Waals surface area contributed by atoms with Gasteiger partial charge in [0.2, 0.25) is 21.8 Å². The van der Waals surface area contributed by atoms with Crippen molar-refractivity contribution in [3.8, 4) is 5.75 Å². The van der Waals surface area contributed by atoms with Crippen LogP contribution in [0, 0.1) is 6.92 Å². The number of aryl methyl sites for hydroxylation is 1. The SMILES string of the molecule is C=C(C)C(=O)NCCCNC(=O)C(CSOOO)NS(=O)(=O)c1cc(O)c2ccc3c(C)cc(SOOO)c4ccc1c2c34. The molecule has 0 aromatic heterocycles. The van der Waals surface area contributed by atoms with Crippen LogP contribution in [0.3, 0.4) is 0 Å². The molecule has 6 N–H and O–H groups in total. The Kier molecular flexibility index (Phi) is 11.2. The Bertz CT molecular complexity index is 1800. The minimum absolute atomic E-state index is 0.111. The van der Waals surface area contributed by atoms with E-state index in [1.165, 1.54) is 0 Å². The smallest absolute Gasteiger partial charge is 0.246 e. The molecule has 44 heavy (non-hydrogen) atoms. The van der Waals surface area contributed by atoms with Gasteiger partial charge in [0.15, 0.2) is 0 Å². The summed E-state index contributed by atoms with van der Waals surface area (Å²) in [6, 6.07) is 8.28. The minimum Gasteiger partial charge on any atom is -0.507 e. The Hall–Kier alpha value is -3.23. The number of amides is 2. The van der Waals surface area contributed by atoms with Crippen LogP contribution in [0.25, 0.3) is 32.3 Å². The highest BCUT2D eigenvalue weighted by molar-refractivity contribution is 7.95. The van der Waals surface area contributed by atoms with Gasteiger partial charge in [0, 0.05) is 63.6 Å². The topological polar surface area (TPSA) is 202 Å². The molecular formula is C27H29N3O11S3. The second kappa shape index (κ2) is 14.7. The lowest BCUT2D eigenvalue weighted by atomic mass is 9.92. The lowest BCUT2D eigenvalue weighted by molar-refractivity contribution is -0.432. The molecular weight excluding hydrogens is 639 g/mol. The van der Waals surface area contributed by atoms with E-state index in [-0.39, 0.29) is 40.8 Å². The van der Waals surface area contributed by atoms with E-state index in [0.717, 1.165) is 29.1 Å². The second-order valence-corrected chi connectivity index (χ2v) is 12.8. The molecule has 14 nitrogen and oxygen atoms in total. The van der Waals surface area contributed by atoms with Crippen LogP contribution in [-0.2, 0) is 38.4 Å². The largest absolute Gasteiger partial charge is 0.507 e. The van der Waals surface area contributed by atoms with Gasteiger partial charge in [-0.25, -0.2) is 18.9 Å². The molecule has 0 aliphatic heterocycles. The first kappa shape index (κ1) is 33.7. The van der Waals surface area contributed by atoms with Gasteiger partial charge in [-0.2, -0.15) is 4.72 Å². The van der Waals surface area contributed by atoms with E-state index in [1.807, 2.05) is 19.1 Å². The molecule has 4 rings (SSSR count). The van der Waals surface area contributed by atoms with E-state index in [2.05, 4.69) is 40.7 Å². The highest BCUT2D eigenvalue weighted by Gasteiger charge is 2.29. The number of phenols is 1. The van der Waals surface area contributed by atoms with Crippen LogP contribution in [0.1, 0.15) is 18.9 Å². The third-order valence-electron chi connectivity index (χ3n) is 6.70. The van der Waals surface area contributed by atoms with Crippen LogP contribution in [0.4, 0.5) is 0 Å². The number of aromatic hydroxyl groups is 1. The Labute approximate surface area is 260 Å². The molecule has 17 heteroatoms. The predicted octanol–water partition coefficient (Wildman–Crippen LogP) is 3.94. The standard InChI is InChI=1S/C27H29N3O11S3/c1-14(2)26(32)28-9-4-10-29-27(33)20(13-42-40-38-34)30-44(36,37)23-12-21(31)17-6-5-16-15(3)11-22(43-41-39-35)18-7-8-19(23)25(17)24(16)18/h5-8,11-12,20,30-31,34-35H,1,4,9-10,13H2,2-3H3,(H,28,32)(H,29,33). The fourth-order valence-corrected chi connectivity index (χ4v) is 7.31. The number of hydrogen-bond acceptors (Lipinski definition) is 13. The summed E-state index contributed by atoms with van der Waals surface area (Å²) in [5, 5.41) is 43.9. The number of benzene rings is 4. The third-order valence-corrected chi connectivity index (χ3v) is 9.49. The van der Waals surface area contributed by atoms with E-state index in [1.54, 1.807) is 25.1 Å². The van der Waals surface area contributed by atoms with Gasteiger partial charge in [-0.15, -0.1) is 8.67 Å². The second-order valence-electron chi connectivity index (χ2n) is 9.66. The maximum atomic E-state index is 13.8. The van der Waals surface area contributed by atoms with Crippen molar-refractivity contribution in [1.29, 1.82) is 0 Å². The summed E-state index contributed by atoms with van der Waals surface area (Å²) >= 11 is 1.24. The van der Waals surface area contributed by atoms with E-state index in [0.29, 0.717) is 50.5 Å². The normalized spacial score (nSPS) is 12.6. The Balaban J connectivity index is 1.68. The number of rotatable bonds is 16. The maximum absolute atomic E-state index is 13.8. The van der Waals surface area contributed by atoms with E-state index in [4.69, 9.17) is 10.5 Å². The predicted molar refractivity (Wildman–Crippen MR) is 164 cm³/mol. The zero-order valence-electron chi connectivity index (χ0n) is 23.4. The number of sulfonamides is 1. The lowest BCUT2D eigenvalue weighted by Gasteiger charge is -2.20. The van der Waals surface area contributed by atoms with Crippen molar-refractivity contribution in [2.24, 2.45) is 0 Å². The van der Waals surface area contributed by atoms with Crippen molar-refractivity contribution < 1.29 is 52.4 Å². The highest BCUT2D eigenvalue weighted by atomic mass is 32.2. The molecule has 0 aliphatic carbocycles. The molecule has 0 spiro atoms. The van der Waals surface area contributed by atoms with Gasteiger partial charge in [-0.3, -0.25) is 9.59 Å². The molecule has 0 radical (unpaired) electrons. The summed E-state index contributed by atoms with van der Waals surface area (Å²) in [6.45, 7) is 7.31. The summed E-state index contributed by atoms with van der Waals surface area (Å²) < 4.78 is 39.0. The van der Waals surface area contributed by atoms with E-state index < -0.39 is 22.0 Å². The maximum Gasteiger partial charge on any atom is 0.246 e. The van der Waals surface area contributed by atoms with Crippen molar-refractivity contribution in [1.82, 2.24) is 15.4 Å². The zero-order chi connectivity index (χ0) is 32.0. The summed E-state index contributed by atoms with van der Waals surface area (Å²) in [5.74, 6) is -1.64. The average molecular weight is 668 g/mol. The molecule has 0 aliphatic rings. The van der Waals surface area contributed by atoms with Crippen LogP contribution in [0.15, 0.2) is 58.3 Å². The summed E-state index contributed by atoms with van der Waals surface area (Å²) in [6.07, 6.45) is 0.353. The van der Waals surface area contributed by atoms with Gasteiger partial charge >= 0.3 is 0 Å². The number of phenolic OH excluding ortho intramolecular Hbond substituents is 1. The molecule has 4 aromatic rings. The molecule has 0 fully saturated rings. The first-order valence-corrected chi connectivity index (χ1v) is 16.1. The summed E-state index contributed by atoms with van der Waals surface area (Å²) in [7, 11) is -4.47. The molecule has 0 saturated carbocycles.